The standard InChI is InChI=1S/C14H27NO/c1-4-13(11-5-6-11)15-9-12-7-8-16-14(12)10(2)3/h10-15H,4-9H2,1-3H3. The molecule has 2 fully saturated rings. The zero-order valence-corrected chi connectivity index (χ0v) is 11.0. The fraction of sp³-hybridized carbons (Fsp3) is 1.00. The molecule has 0 aromatic carbocycles. The summed E-state index contributed by atoms with van der Waals surface area (Å²) < 4.78 is 5.83. The summed E-state index contributed by atoms with van der Waals surface area (Å²) >= 11 is 0. The molecule has 1 heterocycles. The molecule has 2 rings (SSSR count). The third kappa shape index (κ3) is 2.98. The summed E-state index contributed by atoms with van der Waals surface area (Å²) in [5.41, 5.74) is 0. The van der Waals surface area contributed by atoms with Crippen molar-refractivity contribution in [3.8, 4) is 0 Å². The molecule has 0 spiro atoms. The summed E-state index contributed by atoms with van der Waals surface area (Å²) in [7, 11) is 0. The van der Waals surface area contributed by atoms with E-state index in [0.717, 1.165) is 31.0 Å². The van der Waals surface area contributed by atoms with Gasteiger partial charge in [0, 0.05) is 19.2 Å². The van der Waals surface area contributed by atoms with Crippen molar-refractivity contribution in [1.29, 1.82) is 0 Å². The van der Waals surface area contributed by atoms with Gasteiger partial charge < -0.3 is 10.1 Å². The van der Waals surface area contributed by atoms with Gasteiger partial charge in [0.05, 0.1) is 6.10 Å². The van der Waals surface area contributed by atoms with E-state index in [1.807, 2.05) is 0 Å². The molecule has 3 atom stereocenters. The second-order valence-electron chi connectivity index (χ2n) is 5.89. The lowest BCUT2D eigenvalue weighted by Gasteiger charge is -2.25. The van der Waals surface area contributed by atoms with Crippen molar-refractivity contribution in [2.45, 2.75) is 58.6 Å². The summed E-state index contributed by atoms with van der Waals surface area (Å²) in [5, 5.41) is 3.78. The molecule has 0 radical (unpaired) electrons. The Morgan fingerprint density at radius 1 is 1.25 bits per heavy atom. The number of rotatable bonds is 6. The predicted molar refractivity (Wildman–Crippen MR) is 67.5 cm³/mol. The van der Waals surface area contributed by atoms with Crippen molar-refractivity contribution in [2.24, 2.45) is 17.8 Å². The smallest absolute Gasteiger partial charge is 0.0639 e. The first-order valence-corrected chi connectivity index (χ1v) is 7.07. The summed E-state index contributed by atoms with van der Waals surface area (Å²) in [6.07, 6.45) is 5.91. The van der Waals surface area contributed by atoms with Gasteiger partial charge >= 0.3 is 0 Å². The molecule has 94 valence electrons. The molecule has 0 aromatic rings. The maximum atomic E-state index is 5.83. The fourth-order valence-electron chi connectivity index (χ4n) is 3.06. The molecule has 0 aromatic heterocycles. The van der Waals surface area contributed by atoms with E-state index < -0.39 is 0 Å². The quantitative estimate of drug-likeness (QED) is 0.750. The van der Waals surface area contributed by atoms with Gasteiger partial charge in [0.25, 0.3) is 0 Å². The van der Waals surface area contributed by atoms with Gasteiger partial charge in [-0.25, -0.2) is 0 Å². The number of nitrogens with one attached hydrogen (secondary N) is 1. The first kappa shape index (κ1) is 12.4. The van der Waals surface area contributed by atoms with Crippen molar-refractivity contribution in [3.63, 3.8) is 0 Å². The van der Waals surface area contributed by atoms with Crippen molar-refractivity contribution < 1.29 is 4.74 Å². The van der Waals surface area contributed by atoms with Crippen LogP contribution in [-0.4, -0.2) is 25.3 Å². The highest BCUT2D eigenvalue weighted by atomic mass is 16.5. The van der Waals surface area contributed by atoms with E-state index in [4.69, 9.17) is 4.74 Å². The fourth-order valence-corrected chi connectivity index (χ4v) is 3.06. The Morgan fingerprint density at radius 3 is 2.56 bits per heavy atom. The van der Waals surface area contributed by atoms with Crippen LogP contribution in [-0.2, 0) is 4.74 Å². The Hall–Kier alpha value is -0.0800. The van der Waals surface area contributed by atoms with Gasteiger partial charge in [-0.1, -0.05) is 20.8 Å². The van der Waals surface area contributed by atoms with Gasteiger partial charge in [-0.15, -0.1) is 0 Å². The van der Waals surface area contributed by atoms with Gasteiger partial charge in [0.1, 0.15) is 0 Å². The highest BCUT2D eigenvalue weighted by Crippen LogP contribution is 2.34. The van der Waals surface area contributed by atoms with Crippen LogP contribution in [0.5, 0.6) is 0 Å². The maximum Gasteiger partial charge on any atom is 0.0639 e. The maximum absolute atomic E-state index is 5.83. The van der Waals surface area contributed by atoms with Crippen LogP contribution < -0.4 is 5.32 Å². The van der Waals surface area contributed by atoms with E-state index in [0.29, 0.717) is 12.0 Å². The lowest BCUT2D eigenvalue weighted by molar-refractivity contribution is 0.0532. The van der Waals surface area contributed by atoms with Crippen LogP contribution in [0.4, 0.5) is 0 Å². The Labute approximate surface area is 100 Å². The van der Waals surface area contributed by atoms with Crippen LogP contribution in [0.1, 0.15) is 46.5 Å². The lowest BCUT2D eigenvalue weighted by atomic mass is 9.92. The summed E-state index contributed by atoms with van der Waals surface area (Å²) in [6, 6.07) is 0.772. The largest absolute Gasteiger partial charge is 0.378 e. The van der Waals surface area contributed by atoms with Crippen molar-refractivity contribution >= 4 is 0 Å². The number of ether oxygens (including phenoxy) is 1. The Kier molecular flexibility index (Phi) is 4.26. The van der Waals surface area contributed by atoms with E-state index in [1.165, 1.54) is 25.7 Å². The van der Waals surface area contributed by atoms with E-state index in [-0.39, 0.29) is 0 Å². The molecule has 1 saturated carbocycles. The highest BCUT2D eigenvalue weighted by molar-refractivity contribution is 4.88. The molecular weight excluding hydrogens is 198 g/mol. The van der Waals surface area contributed by atoms with E-state index in [2.05, 4.69) is 26.1 Å². The molecule has 1 aliphatic heterocycles. The molecule has 2 aliphatic rings. The molecule has 2 heteroatoms. The average Bonchev–Trinajstić information content (AvgIpc) is 2.97. The van der Waals surface area contributed by atoms with E-state index >= 15 is 0 Å². The second kappa shape index (κ2) is 5.50. The zero-order chi connectivity index (χ0) is 11.5. The van der Waals surface area contributed by atoms with Crippen LogP contribution in [0.2, 0.25) is 0 Å². The Balaban J connectivity index is 1.75. The minimum Gasteiger partial charge on any atom is -0.378 e. The van der Waals surface area contributed by atoms with Crippen molar-refractivity contribution in [1.82, 2.24) is 5.32 Å². The molecular formula is C14H27NO. The van der Waals surface area contributed by atoms with Crippen LogP contribution in [0, 0.1) is 17.8 Å². The first-order valence-electron chi connectivity index (χ1n) is 7.07. The minimum absolute atomic E-state index is 0.490. The zero-order valence-electron chi connectivity index (χ0n) is 11.0. The topological polar surface area (TPSA) is 21.3 Å². The van der Waals surface area contributed by atoms with Crippen LogP contribution in [0.25, 0.3) is 0 Å². The van der Waals surface area contributed by atoms with Gasteiger partial charge in [-0.2, -0.15) is 0 Å². The Morgan fingerprint density at radius 2 is 2.00 bits per heavy atom. The molecule has 1 N–H and O–H groups in total. The SMILES string of the molecule is CCC(NCC1CCOC1C(C)C)C1CC1. The molecule has 2 nitrogen and oxygen atoms in total. The predicted octanol–water partition coefficient (Wildman–Crippen LogP) is 2.83. The monoisotopic (exact) mass is 225 g/mol. The number of hydrogen-bond acceptors (Lipinski definition) is 2. The van der Waals surface area contributed by atoms with Gasteiger partial charge in [-0.3, -0.25) is 0 Å². The van der Waals surface area contributed by atoms with Crippen LogP contribution >= 0.6 is 0 Å². The van der Waals surface area contributed by atoms with Gasteiger partial charge in [0.15, 0.2) is 0 Å². The third-order valence-corrected chi connectivity index (χ3v) is 4.19. The number of hydrogen-bond donors (Lipinski definition) is 1. The van der Waals surface area contributed by atoms with Crippen molar-refractivity contribution in [2.75, 3.05) is 13.2 Å². The Bertz CT molecular complexity index is 213. The summed E-state index contributed by atoms with van der Waals surface area (Å²) in [5.74, 6) is 2.38. The van der Waals surface area contributed by atoms with Crippen LogP contribution in [0.15, 0.2) is 0 Å². The molecule has 3 unspecified atom stereocenters. The second-order valence-corrected chi connectivity index (χ2v) is 5.89. The normalized spacial score (nSPS) is 32.2. The van der Waals surface area contributed by atoms with Crippen molar-refractivity contribution in [3.05, 3.63) is 0 Å². The third-order valence-electron chi connectivity index (χ3n) is 4.19. The van der Waals surface area contributed by atoms with Gasteiger partial charge in [-0.05, 0) is 43.4 Å². The first-order chi connectivity index (χ1) is 7.72. The van der Waals surface area contributed by atoms with E-state index in [1.54, 1.807) is 0 Å². The molecule has 16 heavy (non-hydrogen) atoms. The van der Waals surface area contributed by atoms with Gasteiger partial charge in [0.2, 0.25) is 0 Å². The molecule has 0 bridgehead atoms. The molecule has 1 aliphatic carbocycles. The van der Waals surface area contributed by atoms with Crippen LogP contribution in [0.3, 0.4) is 0 Å². The highest BCUT2D eigenvalue weighted by Gasteiger charge is 2.33. The summed E-state index contributed by atoms with van der Waals surface area (Å²) in [4.78, 5) is 0. The average molecular weight is 225 g/mol. The summed E-state index contributed by atoms with van der Waals surface area (Å²) in [6.45, 7) is 9.00. The minimum atomic E-state index is 0.490. The molecule has 1 saturated heterocycles. The lowest BCUT2D eigenvalue weighted by Crippen LogP contribution is -2.38. The van der Waals surface area contributed by atoms with E-state index in [9.17, 15) is 0 Å². The molecule has 0 amide bonds.